The van der Waals surface area contributed by atoms with Gasteiger partial charge in [0.1, 0.15) is 29.7 Å². The van der Waals surface area contributed by atoms with E-state index in [2.05, 4.69) is 20.3 Å². The van der Waals surface area contributed by atoms with Gasteiger partial charge < -0.3 is 15.0 Å². The van der Waals surface area contributed by atoms with Crippen molar-refractivity contribution < 1.29 is 4.74 Å². The molecule has 0 saturated heterocycles. The molecule has 0 saturated carbocycles. The van der Waals surface area contributed by atoms with Gasteiger partial charge in [0.2, 0.25) is 0 Å². The van der Waals surface area contributed by atoms with Crippen molar-refractivity contribution >= 4 is 27.8 Å². The lowest BCUT2D eigenvalue weighted by Gasteiger charge is -2.23. The topological polar surface area (TPSA) is 97.7 Å². The third-order valence-electron chi connectivity index (χ3n) is 6.52. The van der Waals surface area contributed by atoms with Gasteiger partial charge in [-0.1, -0.05) is 60.7 Å². The number of H-pyrrole nitrogens is 1. The number of fused-ring (bicyclic) bond motifs is 2. The fourth-order valence-corrected chi connectivity index (χ4v) is 4.68. The number of ether oxygens (including phenoxy) is 1. The average Bonchev–Trinajstić information content (AvgIpc) is 3.43. The molecule has 0 spiro atoms. The Morgan fingerprint density at radius 3 is 2.55 bits per heavy atom. The number of nitrogens with zero attached hydrogens (tertiary/aromatic N) is 4. The van der Waals surface area contributed by atoms with Crippen LogP contribution in [0.1, 0.15) is 23.0 Å². The summed E-state index contributed by atoms with van der Waals surface area (Å²) >= 11 is 0. The molecule has 38 heavy (non-hydrogen) atoms. The molecule has 6 rings (SSSR count). The molecule has 8 nitrogen and oxygen atoms in total. The fourth-order valence-electron chi connectivity index (χ4n) is 4.68. The summed E-state index contributed by atoms with van der Waals surface area (Å²) in [5.74, 6) is 1.16. The zero-order valence-electron chi connectivity index (χ0n) is 20.8. The van der Waals surface area contributed by atoms with E-state index in [9.17, 15) is 4.79 Å². The van der Waals surface area contributed by atoms with Gasteiger partial charge in [0.25, 0.3) is 5.56 Å². The van der Waals surface area contributed by atoms with Gasteiger partial charge in [-0.2, -0.15) is 0 Å². The second kappa shape index (κ2) is 10.3. The molecule has 0 aliphatic rings. The van der Waals surface area contributed by atoms with Crippen LogP contribution in [0.15, 0.2) is 102 Å². The van der Waals surface area contributed by atoms with Crippen LogP contribution in [-0.2, 0) is 11.3 Å². The number of benzene rings is 3. The fraction of sp³-hybridized carbons (Fsp3) is 0.133. The van der Waals surface area contributed by atoms with E-state index in [1.807, 2.05) is 98.0 Å². The molecule has 3 aromatic carbocycles. The number of nitrogens with one attached hydrogen (secondary N) is 2. The largest absolute Gasteiger partial charge is 0.374 e. The summed E-state index contributed by atoms with van der Waals surface area (Å²) in [5, 5.41) is 4.94. The number of hydrogen-bond donors (Lipinski definition) is 2. The molecule has 0 fully saturated rings. The summed E-state index contributed by atoms with van der Waals surface area (Å²) < 4.78 is 7.87. The number of aromatic amines is 1. The van der Waals surface area contributed by atoms with E-state index in [0.717, 1.165) is 22.2 Å². The van der Waals surface area contributed by atoms with Crippen molar-refractivity contribution in [2.75, 3.05) is 11.9 Å². The number of hydrogen-bond acceptors (Lipinski definition) is 6. The van der Waals surface area contributed by atoms with E-state index < -0.39 is 6.04 Å². The monoisotopic (exact) mass is 502 g/mol. The molecule has 1 atom stereocenters. The van der Waals surface area contributed by atoms with Crippen LogP contribution in [0.4, 0.5) is 5.82 Å². The van der Waals surface area contributed by atoms with Crippen molar-refractivity contribution in [2.45, 2.75) is 19.6 Å². The predicted octanol–water partition coefficient (Wildman–Crippen LogP) is 5.34. The van der Waals surface area contributed by atoms with Gasteiger partial charge in [0, 0.05) is 6.20 Å². The van der Waals surface area contributed by atoms with Gasteiger partial charge in [0.05, 0.1) is 35.2 Å². The van der Waals surface area contributed by atoms with Crippen LogP contribution in [0.25, 0.3) is 27.6 Å². The molecule has 0 aliphatic heterocycles. The number of anilines is 1. The third kappa shape index (κ3) is 4.53. The summed E-state index contributed by atoms with van der Waals surface area (Å²) in [4.78, 5) is 31.0. The summed E-state index contributed by atoms with van der Waals surface area (Å²) in [6, 6.07) is 26.7. The Labute approximate surface area is 219 Å². The first kappa shape index (κ1) is 23.6. The van der Waals surface area contributed by atoms with Gasteiger partial charge in [0.15, 0.2) is 0 Å². The first-order valence-corrected chi connectivity index (χ1v) is 12.4. The van der Waals surface area contributed by atoms with Gasteiger partial charge in [-0.05, 0) is 42.3 Å². The number of para-hydroxylation sites is 1. The highest BCUT2D eigenvalue weighted by Crippen LogP contribution is 2.26. The Balaban J connectivity index is 1.49. The Kier molecular flexibility index (Phi) is 6.37. The standard InChI is InChI=1S/C30H26N6O2/c1-20-9-8-14-24-26(20)30(37)36(22-12-6-3-7-13-22)29(35-24)25(18-38-17-21-10-4-2-5-11-21)34-28-23-15-16-31-27(23)32-19-33-28/h2-16,19,25H,17-18H2,1H3,(H2,31,32,33,34). The maximum atomic E-state index is 14.0. The first-order chi connectivity index (χ1) is 18.7. The zero-order valence-corrected chi connectivity index (χ0v) is 20.8. The maximum Gasteiger partial charge on any atom is 0.266 e. The predicted molar refractivity (Wildman–Crippen MR) is 148 cm³/mol. The minimum atomic E-state index is -0.496. The van der Waals surface area contributed by atoms with Crippen LogP contribution in [0.2, 0.25) is 0 Å². The number of rotatable bonds is 8. The molecule has 0 bridgehead atoms. The van der Waals surface area contributed by atoms with Gasteiger partial charge in [-0.3, -0.25) is 9.36 Å². The molecule has 0 aliphatic carbocycles. The van der Waals surface area contributed by atoms with Gasteiger partial charge >= 0.3 is 0 Å². The second-order valence-electron chi connectivity index (χ2n) is 9.08. The smallest absolute Gasteiger partial charge is 0.266 e. The van der Waals surface area contributed by atoms with E-state index in [0.29, 0.717) is 34.8 Å². The van der Waals surface area contributed by atoms with Crippen LogP contribution in [-0.4, -0.2) is 31.1 Å². The number of aryl methyl sites for hydroxylation is 1. The van der Waals surface area contributed by atoms with Crippen molar-refractivity contribution in [3.05, 3.63) is 125 Å². The van der Waals surface area contributed by atoms with Crippen LogP contribution in [0.3, 0.4) is 0 Å². The molecule has 0 radical (unpaired) electrons. The Bertz CT molecular complexity index is 1760. The highest BCUT2D eigenvalue weighted by atomic mass is 16.5. The molecular formula is C30H26N6O2. The molecule has 1 unspecified atom stereocenters. The van der Waals surface area contributed by atoms with Crippen molar-refractivity contribution in [1.29, 1.82) is 0 Å². The molecule has 2 N–H and O–H groups in total. The Morgan fingerprint density at radius 1 is 0.947 bits per heavy atom. The molecule has 3 aromatic heterocycles. The van der Waals surface area contributed by atoms with Crippen LogP contribution in [0.5, 0.6) is 0 Å². The second-order valence-corrected chi connectivity index (χ2v) is 9.08. The van der Waals surface area contributed by atoms with Crippen molar-refractivity contribution in [1.82, 2.24) is 24.5 Å². The molecule has 3 heterocycles. The van der Waals surface area contributed by atoms with Crippen LogP contribution >= 0.6 is 0 Å². The van der Waals surface area contributed by atoms with E-state index in [1.54, 1.807) is 4.57 Å². The molecule has 6 aromatic rings. The summed E-state index contributed by atoms with van der Waals surface area (Å²) in [5.41, 5.74) is 3.90. The molecular weight excluding hydrogens is 476 g/mol. The van der Waals surface area contributed by atoms with Gasteiger partial charge in [-0.25, -0.2) is 15.0 Å². The summed E-state index contributed by atoms with van der Waals surface area (Å²) in [6.07, 6.45) is 3.33. The lowest BCUT2D eigenvalue weighted by atomic mass is 10.1. The van der Waals surface area contributed by atoms with Crippen LogP contribution in [0, 0.1) is 6.92 Å². The quantitative estimate of drug-likeness (QED) is 0.292. The average molecular weight is 503 g/mol. The summed E-state index contributed by atoms with van der Waals surface area (Å²) in [6.45, 7) is 2.61. The minimum absolute atomic E-state index is 0.126. The van der Waals surface area contributed by atoms with Crippen molar-refractivity contribution in [2.24, 2.45) is 0 Å². The zero-order chi connectivity index (χ0) is 25.9. The molecule has 0 amide bonds. The van der Waals surface area contributed by atoms with E-state index in [1.165, 1.54) is 6.33 Å². The lowest BCUT2D eigenvalue weighted by Crippen LogP contribution is -2.30. The van der Waals surface area contributed by atoms with Crippen LogP contribution < -0.4 is 10.9 Å². The third-order valence-corrected chi connectivity index (χ3v) is 6.52. The van der Waals surface area contributed by atoms with Gasteiger partial charge in [-0.15, -0.1) is 0 Å². The minimum Gasteiger partial charge on any atom is -0.374 e. The number of aromatic nitrogens is 5. The molecule has 8 heteroatoms. The Hall–Kier alpha value is -4.82. The summed E-state index contributed by atoms with van der Waals surface area (Å²) in [7, 11) is 0. The maximum absolute atomic E-state index is 14.0. The SMILES string of the molecule is Cc1cccc2nc(C(COCc3ccccc3)Nc3ncnc4[nH]ccc34)n(-c3ccccc3)c(=O)c12. The highest BCUT2D eigenvalue weighted by molar-refractivity contribution is 5.87. The van der Waals surface area contributed by atoms with E-state index in [-0.39, 0.29) is 12.2 Å². The Morgan fingerprint density at radius 2 is 1.74 bits per heavy atom. The van der Waals surface area contributed by atoms with E-state index >= 15 is 0 Å². The molecule has 188 valence electrons. The van der Waals surface area contributed by atoms with Crippen molar-refractivity contribution in [3.63, 3.8) is 0 Å². The van der Waals surface area contributed by atoms with E-state index in [4.69, 9.17) is 9.72 Å². The highest BCUT2D eigenvalue weighted by Gasteiger charge is 2.24. The van der Waals surface area contributed by atoms with Crippen molar-refractivity contribution in [3.8, 4) is 5.69 Å². The normalized spacial score (nSPS) is 12.1. The lowest BCUT2D eigenvalue weighted by molar-refractivity contribution is 0.110. The first-order valence-electron chi connectivity index (χ1n) is 12.4.